The Morgan fingerprint density at radius 3 is 2.84 bits per heavy atom. The number of hydrogen-bond donors (Lipinski definition) is 3. The minimum atomic E-state index is -0.815. The molecule has 0 radical (unpaired) electrons. The normalized spacial score (nSPS) is 13.1. The molecule has 2 aromatic carbocycles. The minimum Gasteiger partial charge on any atom is -0.481 e. The first-order chi connectivity index (χ1) is 12.0. The van der Waals surface area contributed by atoms with E-state index in [0.717, 1.165) is 44.5 Å². The van der Waals surface area contributed by atoms with E-state index in [1.165, 1.54) is 0 Å². The number of carboxylic acid groups (broad SMARTS) is 1. The molecule has 3 N–H and O–H groups in total. The lowest BCUT2D eigenvalue weighted by Gasteiger charge is -2.09. The van der Waals surface area contributed by atoms with Crippen molar-refractivity contribution in [3.8, 4) is 11.3 Å². The first-order valence-electron chi connectivity index (χ1n) is 8.27. The third-order valence-electron chi connectivity index (χ3n) is 4.65. The molecule has 0 unspecified atom stereocenters. The van der Waals surface area contributed by atoms with Crippen LogP contribution >= 0.6 is 0 Å². The van der Waals surface area contributed by atoms with Crippen LogP contribution in [-0.4, -0.2) is 22.0 Å². The number of carbonyl (C=O) groups is 2. The van der Waals surface area contributed by atoms with Gasteiger partial charge in [0.25, 0.3) is 0 Å². The molecular formula is C20H18N2O3. The molecule has 1 aliphatic rings. The van der Waals surface area contributed by atoms with E-state index in [1.54, 1.807) is 0 Å². The molecule has 0 spiro atoms. The Balaban J connectivity index is 1.90. The second-order valence-corrected chi connectivity index (χ2v) is 6.53. The number of fused-ring (bicyclic) bond motifs is 5. The summed E-state index contributed by atoms with van der Waals surface area (Å²) in [5.41, 5.74) is 6.69. The maximum absolute atomic E-state index is 12.3. The van der Waals surface area contributed by atoms with Crippen molar-refractivity contribution in [1.82, 2.24) is 4.98 Å². The van der Waals surface area contributed by atoms with Gasteiger partial charge in [0.15, 0.2) is 0 Å². The molecule has 1 amide bonds. The molecule has 0 saturated carbocycles. The Bertz CT molecular complexity index is 1020. The number of nitrogens with one attached hydrogen (secondary N) is 2. The predicted molar refractivity (Wildman–Crippen MR) is 96.8 cm³/mol. The molecule has 126 valence electrons. The van der Waals surface area contributed by atoms with Crippen LogP contribution in [0.15, 0.2) is 36.4 Å². The van der Waals surface area contributed by atoms with Crippen molar-refractivity contribution in [3.05, 3.63) is 53.1 Å². The van der Waals surface area contributed by atoms with E-state index in [0.29, 0.717) is 12.8 Å². The number of aryl methyl sites for hydroxylation is 2. The number of rotatable bonds is 3. The van der Waals surface area contributed by atoms with E-state index in [4.69, 9.17) is 5.11 Å². The number of H-pyrrole nitrogens is 1. The molecule has 4 rings (SSSR count). The number of aromatic amines is 1. The van der Waals surface area contributed by atoms with Crippen LogP contribution in [0.4, 0.5) is 5.69 Å². The highest BCUT2D eigenvalue weighted by atomic mass is 16.4. The van der Waals surface area contributed by atoms with Crippen LogP contribution in [0.1, 0.15) is 23.1 Å². The van der Waals surface area contributed by atoms with Crippen molar-refractivity contribution < 1.29 is 14.7 Å². The quantitative estimate of drug-likeness (QED) is 0.684. The monoisotopic (exact) mass is 334 g/mol. The highest BCUT2D eigenvalue weighted by molar-refractivity contribution is 6.05. The zero-order valence-corrected chi connectivity index (χ0v) is 13.8. The smallest absolute Gasteiger partial charge is 0.303 e. The van der Waals surface area contributed by atoms with Gasteiger partial charge in [0.2, 0.25) is 5.91 Å². The Kier molecular flexibility index (Phi) is 3.57. The molecule has 0 saturated heterocycles. The van der Waals surface area contributed by atoms with Crippen molar-refractivity contribution in [1.29, 1.82) is 0 Å². The number of carbonyl (C=O) groups excluding carboxylic acids is 1. The first kappa shape index (κ1) is 15.4. The highest BCUT2D eigenvalue weighted by Gasteiger charge is 2.23. The summed E-state index contributed by atoms with van der Waals surface area (Å²) in [4.78, 5) is 26.6. The lowest BCUT2D eigenvalue weighted by atomic mass is 9.99. The molecule has 0 atom stereocenters. The highest BCUT2D eigenvalue weighted by Crippen LogP contribution is 2.38. The van der Waals surface area contributed by atoms with Gasteiger partial charge in [-0.05, 0) is 48.7 Å². The van der Waals surface area contributed by atoms with Gasteiger partial charge in [-0.3, -0.25) is 9.59 Å². The average Bonchev–Trinajstić information content (AvgIpc) is 2.84. The second kappa shape index (κ2) is 5.77. The fraction of sp³-hybridized carbons (Fsp3) is 0.200. The SMILES string of the molecule is Cc1ccc2[nH]c3c(c2c1)CC(=O)Nc1ccc(CCC(=O)O)cc1-3. The summed E-state index contributed by atoms with van der Waals surface area (Å²) < 4.78 is 0. The molecule has 0 aliphatic carbocycles. The average molecular weight is 334 g/mol. The van der Waals surface area contributed by atoms with Crippen LogP contribution < -0.4 is 5.32 Å². The summed E-state index contributed by atoms with van der Waals surface area (Å²) in [5.74, 6) is -0.856. The fourth-order valence-electron chi connectivity index (χ4n) is 3.44. The summed E-state index contributed by atoms with van der Waals surface area (Å²) in [6, 6.07) is 11.9. The predicted octanol–water partition coefficient (Wildman–Crippen LogP) is 3.66. The van der Waals surface area contributed by atoms with Gasteiger partial charge in [0.05, 0.1) is 17.8 Å². The van der Waals surface area contributed by atoms with Gasteiger partial charge >= 0.3 is 5.97 Å². The van der Waals surface area contributed by atoms with Crippen LogP contribution in [0.2, 0.25) is 0 Å². The van der Waals surface area contributed by atoms with Crippen molar-refractivity contribution >= 4 is 28.5 Å². The van der Waals surface area contributed by atoms with Gasteiger partial charge in [-0.15, -0.1) is 0 Å². The summed E-state index contributed by atoms with van der Waals surface area (Å²) in [7, 11) is 0. The van der Waals surface area contributed by atoms with Crippen LogP contribution in [0.5, 0.6) is 0 Å². The number of amides is 1. The van der Waals surface area contributed by atoms with Crippen molar-refractivity contribution in [2.45, 2.75) is 26.2 Å². The van der Waals surface area contributed by atoms with Gasteiger partial charge in [-0.1, -0.05) is 17.7 Å². The standard InChI is InChI=1S/C20H18N2O3/c1-11-2-5-16-13(8-11)14-10-18(23)21-17-6-3-12(4-7-19(24)25)9-15(17)20(14)22-16/h2-3,5-6,8-9,22H,4,7,10H2,1H3,(H,21,23)(H,24,25). The van der Waals surface area contributed by atoms with E-state index in [2.05, 4.69) is 16.4 Å². The number of anilines is 1. The number of benzene rings is 2. The van der Waals surface area contributed by atoms with Crippen molar-refractivity contribution in [2.24, 2.45) is 0 Å². The lowest BCUT2D eigenvalue weighted by molar-refractivity contribution is -0.137. The van der Waals surface area contributed by atoms with Crippen LogP contribution in [-0.2, 0) is 22.4 Å². The largest absolute Gasteiger partial charge is 0.481 e. The molecule has 3 aromatic rings. The van der Waals surface area contributed by atoms with Gasteiger partial charge in [-0.25, -0.2) is 0 Å². The second-order valence-electron chi connectivity index (χ2n) is 6.53. The third kappa shape index (κ3) is 2.78. The summed E-state index contributed by atoms with van der Waals surface area (Å²) in [5, 5.41) is 12.9. The van der Waals surface area contributed by atoms with Gasteiger partial charge in [0.1, 0.15) is 0 Å². The van der Waals surface area contributed by atoms with E-state index in [1.807, 2.05) is 37.3 Å². The topological polar surface area (TPSA) is 82.2 Å². The van der Waals surface area contributed by atoms with E-state index >= 15 is 0 Å². The summed E-state index contributed by atoms with van der Waals surface area (Å²) in [6.07, 6.45) is 0.868. The van der Waals surface area contributed by atoms with Crippen LogP contribution in [0.25, 0.3) is 22.2 Å². The molecular weight excluding hydrogens is 316 g/mol. The fourth-order valence-corrected chi connectivity index (χ4v) is 3.44. The van der Waals surface area contributed by atoms with Crippen molar-refractivity contribution in [2.75, 3.05) is 5.32 Å². The Morgan fingerprint density at radius 1 is 1.20 bits per heavy atom. The molecule has 25 heavy (non-hydrogen) atoms. The minimum absolute atomic E-state index is 0.0410. The Hall–Kier alpha value is -3.08. The maximum Gasteiger partial charge on any atom is 0.303 e. The number of aromatic nitrogens is 1. The zero-order chi connectivity index (χ0) is 17.6. The van der Waals surface area contributed by atoms with Gasteiger partial charge in [0, 0.05) is 22.9 Å². The summed E-state index contributed by atoms with van der Waals surface area (Å²) >= 11 is 0. The first-order valence-corrected chi connectivity index (χ1v) is 8.27. The number of carboxylic acids is 1. The van der Waals surface area contributed by atoms with E-state index < -0.39 is 5.97 Å². The van der Waals surface area contributed by atoms with Gasteiger partial charge in [-0.2, -0.15) is 0 Å². The number of hydrogen-bond acceptors (Lipinski definition) is 2. The van der Waals surface area contributed by atoms with Crippen LogP contribution in [0, 0.1) is 6.92 Å². The van der Waals surface area contributed by atoms with E-state index in [9.17, 15) is 9.59 Å². The summed E-state index contributed by atoms with van der Waals surface area (Å²) in [6.45, 7) is 2.04. The van der Waals surface area contributed by atoms with Crippen molar-refractivity contribution in [3.63, 3.8) is 0 Å². The molecule has 5 heteroatoms. The lowest BCUT2D eigenvalue weighted by Crippen LogP contribution is -2.12. The maximum atomic E-state index is 12.3. The molecule has 0 bridgehead atoms. The van der Waals surface area contributed by atoms with Crippen LogP contribution in [0.3, 0.4) is 0 Å². The Labute approximate surface area is 144 Å². The molecule has 0 fully saturated rings. The third-order valence-corrected chi connectivity index (χ3v) is 4.65. The molecule has 1 aliphatic heterocycles. The zero-order valence-electron chi connectivity index (χ0n) is 13.8. The number of aliphatic carboxylic acids is 1. The molecule has 2 heterocycles. The Morgan fingerprint density at radius 2 is 2.04 bits per heavy atom. The molecule has 1 aromatic heterocycles. The van der Waals surface area contributed by atoms with E-state index in [-0.39, 0.29) is 12.3 Å². The van der Waals surface area contributed by atoms with Gasteiger partial charge < -0.3 is 15.4 Å². The molecule has 5 nitrogen and oxygen atoms in total.